The van der Waals surface area contributed by atoms with E-state index in [-0.39, 0.29) is 23.4 Å². The Hall–Kier alpha value is -1.91. The third-order valence-electron chi connectivity index (χ3n) is 4.88. The fourth-order valence-corrected chi connectivity index (χ4v) is 3.97. The maximum Gasteiger partial charge on any atom is 0.307 e. The van der Waals surface area contributed by atoms with Crippen LogP contribution in [0.2, 0.25) is 0 Å². The van der Waals surface area contributed by atoms with Crippen molar-refractivity contribution >= 4 is 17.6 Å². The largest absolute Gasteiger partial charge is 0.481 e. The number of hydrogen-bond acceptors (Lipinski definition) is 2. The molecule has 4 atom stereocenters. The van der Waals surface area contributed by atoms with Gasteiger partial charge in [-0.2, -0.15) is 0 Å². The van der Waals surface area contributed by atoms with E-state index in [2.05, 4.69) is 5.32 Å². The third kappa shape index (κ3) is 2.41. The highest BCUT2D eigenvalue weighted by Crippen LogP contribution is 2.52. The van der Waals surface area contributed by atoms with Gasteiger partial charge in [-0.15, -0.1) is 0 Å². The lowest BCUT2D eigenvalue weighted by Gasteiger charge is -2.27. The molecule has 112 valence electrons. The first-order valence-corrected chi connectivity index (χ1v) is 7.27. The molecule has 0 heterocycles. The summed E-state index contributed by atoms with van der Waals surface area (Å²) < 4.78 is 13.7. The Morgan fingerprint density at radius 3 is 2.57 bits per heavy atom. The summed E-state index contributed by atoms with van der Waals surface area (Å²) in [6, 6.07) is 4.50. The van der Waals surface area contributed by atoms with Crippen molar-refractivity contribution in [2.24, 2.45) is 23.7 Å². The molecule has 21 heavy (non-hydrogen) atoms. The van der Waals surface area contributed by atoms with Crippen molar-refractivity contribution in [3.8, 4) is 0 Å². The molecule has 0 aliphatic heterocycles. The summed E-state index contributed by atoms with van der Waals surface area (Å²) in [7, 11) is 0. The molecule has 2 bridgehead atoms. The monoisotopic (exact) mass is 291 g/mol. The van der Waals surface area contributed by atoms with Crippen LogP contribution >= 0.6 is 0 Å². The van der Waals surface area contributed by atoms with Crippen molar-refractivity contribution in [2.75, 3.05) is 5.32 Å². The van der Waals surface area contributed by atoms with Crippen LogP contribution in [-0.4, -0.2) is 17.0 Å². The van der Waals surface area contributed by atoms with Gasteiger partial charge in [-0.05, 0) is 55.7 Å². The second-order valence-electron chi connectivity index (χ2n) is 6.20. The minimum atomic E-state index is -0.910. The smallest absolute Gasteiger partial charge is 0.307 e. The van der Waals surface area contributed by atoms with Gasteiger partial charge in [-0.3, -0.25) is 9.59 Å². The van der Waals surface area contributed by atoms with Gasteiger partial charge in [-0.1, -0.05) is 6.07 Å². The van der Waals surface area contributed by atoms with E-state index in [9.17, 15) is 19.1 Å². The van der Waals surface area contributed by atoms with Gasteiger partial charge in [0.2, 0.25) is 5.91 Å². The number of nitrogens with one attached hydrogen (secondary N) is 1. The van der Waals surface area contributed by atoms with Crippen LogP contribution in [0.1, 0.15) is 24.8 Å². The van der Waals surface area contributed by atoms with Crippen LogP contribution in [0.25, 0.3) is 0 Å². The molecule has 2 saturated carbocycles. The fraction of sp³-hybridized carbons (Fsp3) is 0.500. The van der Waals surface area contributed by atoms with Gasteiger partial charge in [0.1, 0.15) is 5.82 Å². The highest BCUT2D eigenvalue weighted by Gasteiger charge is 2.54. The lowest BCUT2D eigenvalue weighted by molar-refractivity contribution is -0.148. The van der Waals surface area contributed by atoms with Crippen molar-refractivity contribution in [1.82, 2.24) is 0 Å². The Morgan fingerprint density at radius 2 is 1.90 bits per heavy atom. The molecule has 0 radical (unpaired) electrons. The lowest BCUT2D eigenvalue weighted by Crippen LogP contribution is -2.38. The average Bonchev–Trinajstić information content (AvgIpc) is 3.03. The number of carbonyl (C=O) groups is 2. The molecule has 2 fully saturated rings. The molecule has 0 unspecified atom stereocenters. The van der Waals surface area contributed by atoms with E-state index in [0.29, 0.717) is 0 Å². The summed E-state index contributed by atoms with van der Waals surface area (Å²) in [6.07, 6.45) is 2.57. The SMILES string of the molecule is Cc1ccc(F)c(NC(=O)[C@H]2[C@H]3CC[C@@H](C3)[C@@H]2C(=O)O)c1. The van der Waals surface area contributed by atoms with E-state index in [1.54, 1.807) is 12.1 Å². The molecule has 1 aromatic rings. The Balaban J connectivity index is 1.81. The van der Waals surface area contributed by atoms with Gasteiger partial charge >= 0.3 is 5.97 Å². The molecule has 1 aromatic carbocycles. The number of carbonyl (C=O) groups excluding carboxylic acids is 1. The molecule has 4 nitrogen and oxygen atoms in total. The molecule has 2 N–H and O–H groups in total. The van der Waals surface area contributed by atoms with Crippen LogP contribution in [0.15, 0.2) is 18.2 Å². The quantitative estimate of drug-likeness (QED) is 0.900. The maximum atomic E-state index is 13.7. The Morgan fingerprint density at radius 1 is 1.24 bits per heavy atom. The van der Waals surface area contributed by atoms with Gasteiger partial charge in [0.15, 0.2) is 0 Å². The van der Waals surface area contributed by atoms with E-state index < -0.39 is 23.6 Å². The standard InChI is InChI=1S/C16H18FNO3/c1-8-2-5-11(17)12(6-8)18-15(19)13-9-3-4-10(7-9)14(13)16(20)21/h2,5-6,9-10,13-14H,3-4,7H2,1H3,(H,18,19)(H,20,21)/t9-,10-,13-,14-/m0/s1. The van der Waals surface area contributed by atoms with Crippen molar-refractivity contribution in [2.45, 2.75) is 26.2 Å². The molecular weight excluding hydrogens is 273 g/mol. The van der Waals surface area contributed by atoms with Gasteiger partial charge in [0.05, 0.1) is 17.5 Å². The zero-order valence-corrected chi connectivity index (χ0v) is 11.8. The number of fused-ring (bicyclic) bond motifs is 2. The molecule has 5 heteroatoms. The molecule has 2 aliphatic carbocycles. The van der Waals surface area contributed by atoms with Crippen LogP contribution in [0.3, 0.4) is 0 Å². The summed E-state index contributed by atoms with van der Waals surface area (Å²) in [5.74, 6) is -2.73. The first-order chi connectivity index (χ1) is 9.97. The van der Waals surface area contributed by atoms with E-state index in [1.807, 2.05) is 6.92 Å². The number of carboxylic acid groups (broad SMARTS) is 1. The van der Waals surface area contributed by atoms with Gasteiger partial charge in [-0.25, -0.2) is 4.39 Å². The van der Waals surface area contributed by atoms with E-state index in [0.717, 1.165) is 24.8 Å². The predicted molar refractivity (Wildman–Crippen MR) is 75.2 cm³/mol. The van der Waals surface area contributed by atoms with Gasteiger partial charge in [0.25, 0.3) is 0 Å². The lowest BCUT2D eigenvalue weighted by atomic mass is 9.78. The number of hydrogen-bond donors (Lipinski definition) is 2. The van der Waals surface area contributed by atoms with Crippen molar-refractivity contribution in [3.05, 3.63) is 29.6 Å². The Labute approximate surface area is 122 Å². The van der Waals surface area contributed by atoms with Crippen molar-refractivity contribution in [3.63, 3.8) is 0 Å². The van der Waals surface area contributed by atoms with Crippen LogP contribution < -0.4 is 5.32 Å². The number of carboxylic acids is 1. The van der Waals surface area contributed by atoms with E-state index in [4.69, 9.17) is 0 Å². The fourth-order valence-electron chi connectivity index (χ4n) is 3.97. The zero-order chi connectivity index (χ0) is 15.1. The number of aryl methyl sites for hydroxylation is 1. The van der Waals surface area contributed by atoms with E-state index >= 15 is 0 Å². The Bertz CT molecular complexity index is 601. The molecule has 3 rings (SSSR count). The average molecular weight is 291 g/mol. The molecule has 0 aromatic heterocycles. The van der Waals surface area contributed by atoms with Crippen LogP contribution in [0.5, 0.6) is 0 Å². The van der Waals surface area contributed by atoms with Gasteiger partial charge in [0, 0.05) is 0 Å². The number of aliphatic carboxylic acids is 1. The summed E-state index contributed by atoms with van der Waals surface area (Å²) >= 11 is 0. The molecule has 2 aliphatic rings. The highest BCUT2D eigenvalue weighted by molar-refractivity contribution is 5.96. The number of anilines is 1. The summed E-state index contributed by atoms with van der Waals surface area (Å²) in [5, 5.41) is 12.0. The van der Waals surface area contributed by atoms with E-state index in [1.165, 1.54) is 6.07 Å². The Kier molecular flexibility index (Phi) is 3.43. The predicted octanol–water partition coefficient (Wildman–Crippen LogP) is 2.82. The zero-order valence-electron chi connectivity index (χ0n) is 11.8. The number of rotatable bonds is 3. The van der Waals surface area contributed by atoms with Crippen LogP contribution in [0.4, 0.5) is 10.1 Å². The summed E-state index contributed by atoms with van der Waals surface area (Å²) in [4.78, 5) is 23.9. The van der Waals surface area contributed by atoms with Crippen LogP contribution in [-0.2, 0) is 9.59 Å². The second kappa shape index (κ2) is 5.13. The topological polar surface area (TPSA) is 66.4 Å². The first-order valence-electron chi connectivity index (χ1n) is 7.27. The summed E-state index contributed by atoms with van der Waals surface area (Å²) in [6.45, 7) is 1.81. The highest BCUT2D eigenvalue weighted by atomic mass is 19.1. The molecule has 0 spiro atoms. The maximum absolute atomic E-state index is 13.7. The van der Waals surface area contributed by atoms with Crippen molar-refractivity contribution < 1.29 is 19.1 Å². The second-order valence-corrected chi connectivity index (χ2v) is 6.20. The number of amides is 1. The summed E-state index contributed by atoms with van der Waals surface area (Å²) in [5.41, 5.74) is 0.973. The molecule has 1 amide bonds. The minimum Gasteiger partial charge on any atom is -0.481 e. The van der Waals surface area contributed by atoms with Crippen molar-refractivity contribution in [1.29, 1.82) is 0 Å². The normalized spacial score (nSPS) is 30.4. The number of benzene rings is 1. The first kappa shape index (κ1) is 14.0. The minimum absolute atomic E-state index is 0.0885. The third-order valence-corrected chi connectivity index (χ3v) is 4.88. The number of halogens is 1. The van der Waals surface area contributed by atoms with Gasteiger partial charge < -0.3 is 10.4 Å². The molecular formula is C16H18FNO3. The molecule has 0 saturated heterocycles. The van der Waals surface area contributed by atoms with Crippen LogP contribution in [0, 0.1) is 36.4 Å².